The summed E-state index contributed by atoms with van der Waals surface area (Å²) >= 11 is 5.90. The van der Waals surface area contributed by atoms with E-state index in [-0.39, 0.29) is 12.5 Å². The summed E-state index contributed by atoms with van der Waals surface area (Å²) in [5.41, 5.74) is 3.44. The van der Waals surface area contributed by atoms with E-state index in [2.05, 4.69) is 22.8 Å². The molecule has 0 aliphatic carbocycles. The Labute approximate surface area is 218 Å². The van der Waals surface area contributed by atoms with Gasteiger partial charge in [-0.15, -0.1) is 0 Å². The first-order chi connectivity index (χ1) is 17.5. The number of benzene rings is 2. The molecule has 0 aliphatic heterocycles. The Bertz CT molecular complexity index is 993. The first kappa shape index (κ1) is 29.0. The third-order valence-corrected chi connectivity index (χ3v) is 5.74. The van der Waals surface area contributed by atoms with Crippen molar-refractivity contribution in [3.05, 3.63) is 64.7 Å². The third-order valence-electron chi connectivity index (χ3n) is 5.51. The van der Waals surface area contributed by atoms with E-state index in [0.29, 0.717) is 28.3 Å². The van der Waals surface area contributed by atoms with Gasteiger partial charge >= 0.3 is 5.97 Å². The van der Waals surface area contributed by atoms with Crippen molar-refractivity contribution in [2.45, 2.75) is 71.1 Å². The smallest absolute Gasteiger partial charge is 0.343 e. The van der Waals surface area contributed by atoms with Crippen LogP contribution in [0.4, 0.5) is 0 Å². The second kappa shape index (κ2) is 17.3. The number of unbranched alkanes of at least 4 members (excludes halogenated alkanes) is 8. The molecule has 2 aromatic carbocycles. The van der Waals surface area contributed by atoms with Crippen molar-refractivity contribution in [2.24, 2.45) is 5.10 Å². The van der Waals surface area contributed by atoms with Gasteiger partial charge in [-0.2, -0.15) is 5.10 Å². The molecule has 2 amide bonds. The van der Waals surface area contributed by atoms with E-state index in [1.807, 2.05) is 0 Å². The van der Waals surface area contributed by atoms with Gasteiger partial charge in [0, 0.05) is 11.4 Å². The zero-order chi connectivity index (χ0) is 26.0. The molecule has 194 valence electrons. The van der Waals surface area contributed by atoms with E-state index in [4.69, 9.17) is 16.3 Å². The molecule has 7 nitrogen and oxygen atoms in total. The van der Waals surface area contributed by atoms with Crippen LogP contribution < -0.4 is 15.5 Å². The van der Waals surface area contributed by atoms with Crippen LogP contribution in [0.3, 0.4) is 0 Å². The maximum atomic E-state index is 12.2. The van der Waals surface area contributed by atoms with Crippen LogP contribution in [0.1, 0.15) is 87.1 Å². The van der Waals surface area contributed by atoms with E-state index in [9.17, 15) is 14.4 Å². The predicted octanol–water partition coefficient (Wildman–Crippen LogP) is 6.05. The molecule has 0 unspecified atom stereocenters. The number of carbonyl (C=O) groups is 3. The summed E-state index contributed by atoms with van der Waals surface area (Å²) in [6.45, 7) is 2.10. The first-order valence-electron chi connectivity index (χ1n) is 12.6. The Balaban J connectivity index is 1.58. The second-order valence-electron chi connectivity index (χ2n) is 8.62. The van der Waals surface area contributed by atoms with Gasteiger partial charge in [0.1, 0.15) is 5.75 Å². The van der Waals surface area contributed by atoms with Crippen molar-refractivity contribution in [1.82, 2.24) is 10.7 Å². The molecule has 0 bridgehead atoms. The Morgan fingerprint density at radius 2 is 1.56 bits per heavy atom. The van der Waals surface area contributed by atoms with Crippen LogP contribution in [0.15, 0.2) is 53.6 Å². The van der Waals surface area contributed by atoms with Crippen molar-refractivity contribution in [3.63, 3.8) is 0 Å². The molecule has 36 heavy (non-hydrogen) atoms. The van der Waals surface area contributed by atoms with Crippen molar-refractivity contribution in [1.29, 1.82) is 0 Å². The molecular weight excluding hydrogens is 478 g/mol. The minimum atomic E-state index is -0.508. The number of hydrogen-bond acceptors (Lipinski definition) is 5. The molecule has 2 N–H and O–H groups in total. The minimum absolute atomic E-state index is 0.119. The van der Waals surface area contributed by atoms with Gasteiger partial charge < -0.3 is 10.1 Å². The van der Waals surface area contributed by atoms with Gasteiger partial charge in [-0.3, -0.25) is 9.59 Å². The van der Waals surface area contributed by atoms with Crippen molar-refractivity contribution in [2.75, 3.05) is 6.54 Å². The molecule has 0 aromatic heterocycles. The van der Waals surface area contributed by atoms with Crippen LogP contribution in [0.25, 0.3) is 0 Å². The Morgan fingerprint density at radius 1 is 0.889 bits per heavy atom. The fourth-order valence-corrected chi connectivity index (χ4v) is 3.68. The van der Waals surface area contributed by atoms with Crippen LogP contribution >= 0.6 is 11.6 Å². The number of nitrogens with one attached hydrogen (secondary N) is 2. The average molecular weight is 514 g/mol. The topological polar surface area (TPSA) is 96.9 Å². The fraction of sp³-hybridized carbons (Fsp3) is 0.429. The highest BCUT2D eigenvalue weighted by Crippen LogP contribution is 2.16. The fourth-order valence-electron chi connectivity index (χ4n) is 3.49. The Hall–Kier alpha value is -3.19. The SMILES string of the molecule is CCCCCCCCCCCC(=O)NCC(=O)N/N=C\c1ccc(OC(=O)c2cccc(Cl)c2)cc1. The van der Waals surface area contributed by atoms with Gasteiger partial charge in [0.15, 0.2) is 0 Å². The number of hydrogen-bond donors (Lipinski definition) is 2. The summed E-state index contributed by atoms with van der Waals surface area (Å²) in [7, 11) is 0. The lowest BCUT2D eigenvalue weighted by Crippen LogP contribution is -2.34. The number of esters is 1. The molecule has 0 atom stereocenters. The van der Waals surface area contributed by atoms with E-state index >= 15 is 0 Å². The molecule has 0 saturated heterocycles. The quantitative estimate of drug-likeness (QED) is 0.0938. The van der Waals surface area contributed by atoms with E-state index in [0.717, 1.165) is 19.3 Å². The normalized spacial score (nSPS) is 10.8. The molecule has 0 aliphatic rings. The number of hydrazone groups is 1. The Morgan fingerprint density at radius 3 is 2.22 bits per heavy atom. The van der Waals surface area contributed by atoms with E-state index < -0.39 is 11.9 Å². The summed E-state index contributed by atoms with van der Waals surface area (Å²) in [5, 5.41) is 6.96. The molecule has 0 fully saturated rings. The van der Waals surface area contributed by atoms with E-state index in [1.54, 1.807) is 42.5 Å². The van der Waals surface area contributed by atoms with Crippen molar-refractivity contribution < 1.29 is 19.1 Å². The number of ether oxygens (including phenoxy) is 1. The monoisotopic (exact) mass is 513 g/mol. The number of amides is 2. The summed E-state index contributed by atoms with van der Waals surface area (Å²) in [5.74, 6) is -0.666. The number of rotatable bonds is 16. The summed E-state index contributed by atoms with van der Waals surface area (Å²) in [6.07, 6.45) is 12.6. The highest BCUT2D eigenvalue weighted by atomic mass is 35.5. The van der Waals surface area contributed by atoms with E-state index in [1.165, 1.54) is 50.8 Å². The van der Waals surface area contributed by atoms with Crippen LogP contribution in [-0.4, -0.2) is 30.5 Å². The third kappa shape index (κ3) is 12.5. The predicted molar refractivity (Wildman–Crippen MR) is 143 cm³/mol. The summed E-state index contributed by atoms with van der Waals surface area (Å²) in [4.78, 5) is 35.9. The summed E-state index contributed by atoms with van der Waals surface area (Å²) < 4.78 is 5.32. The average Bonchev–Trinajstić information content (AvgIpc) is 2.87. The summed E-state index contributed by atoms with van der Waals surface area (Å²) in [6, 6.07) is 13.2. The van der Waals surface area contributed by atoms with Gasteiger partial charge in [-0.1, -0.05) is 76.0 Å². The molecule has 0 radical (unpaired) electrons. The van der Waals surface area contributed by atoms with Crippen molar-refractivity contribution in [3.8, 4) is 5.75 Å². The molecular formula is C28H36ClN3O4. The number of carbonyl (C=O) groups excluding carboxylic acids is 3. The highest BCUT2D eigenvalue weighted by Gasteiger charge is 2.09. The zero-order valence-corrected chi connectivity index (χ0v) is 21.7. The second-order valence-corrected chi connectivity index (χ2v) is 9.05. The lowest BCUT2D eigenvalue weighted by molar-refractivity contribution is -0.126. The molecule has 0 spiro atoms. The molecule has 0 saturated carbocycles. The van der Waals surface area contributed by atoms with Gasteiger partial charge in [-0.05, 0) is 54.4 Å². The molecule has 8 heteroatoms. The molecule has 2 rings (SSSR count). The van der Waals surface area contributed by atoms with Crippen LogP contribution in [0.2, 0.25) is 5.02 Å². The molecule has 2 aromatic rings. The maximum absolute atomic E-state index is 12.2. The van der Waals surface area contributed by atoms with Crippen LogP contribution in [0.5, 0.6) is 5.75 Å². The van der Waals surface area contributed by atoms with Gasteiger partial charge in [0.25, 0.3) is 5.91 Å². The lowest BCUT2D eigenvalue weighted by atomic mass is 10.1. The van der Waals surface area contributed by atoms with Crippen LogP contribution in [-0.2, 0) is 9.59 Å². The zero-order valence-electron chi connectivity index (χ0n) is 20.9. The van der Waals surface area contributed by atoms with Gasteiger partial charge in [0.05, 0.1) is 18.3 Å². The van der Waals surface area contributed by atoms with Gasteiger partial charge in [-0.25, -0.2) is 10.2 Å². The lowest BCUT2D eigenvalue weighted by Gasteiger charge is -2.05. The maximum Gasteiger partial charge on any atom is 0.343 e. The van der Waals surface area contributed by atoms with Crippen LogP contribution in [0, 0.1) is 0 Å². The number of halogens is 1. The standard InChI is InChI=1S/C28H36ClN3O4/c1-2-3-4-5-6-7-8-9-10-14-26(33)30-21-27(34)32-31-20-22-15-17-25(18-16-22)36-28(35)23-12-11-13-24(29)19-23/h11-13,15-20H,2-10,14,21H2,1H3,(H,30,33)(H,32,34)/b31-20-. The highest BCUT2D eigenvalue weighted by molar-refractivity contribution is 6.30. The minimum Gasteiger partial charge on any atom is -0.423 e. The van der Waals surface area contributed by atoms with Gasteiger partial charge in [0.2, 0.25) is 5.91 Å². The molecule has 0 heterocycles. The Kier molecular flexibility index (Phi) is 13.9. The first-order valence-corrected chi connectivity index (χ1v) is 13.0. The largest absolute Gasteiger partial charge is 0.423 e. The van der Waals surface area contributed by atoms with Crippen molar-refractivity contribution >= 4 is 35.6 Å². The number of nitrogens with zero attached hydrogens (tertiary/aromatic N) is 1.